The van der Waals surface area contributed by atoms with Crippen LogP contribution in [0.2, 0.25) is 0 Å². The number of carbonyl (C=O) groups is 1. The molecule has 0 aromatic carbocycles. The summed E-state index contributed by atoms with van der Waals surface area (Å²) in [6.07, 6.45) is 9.74. The summed E-state index contributed by atoms with van der Waals surface area (Å²) in [4.78, 5) is 20.4. The average molecular weight is 481 g/mol. The molecule has 3 heterocycles. The van der Waals surface area contributed by atoms with E-state index in [1.54, 1.807) is 4.68 Å². The van der Waals surface area contributed by atoms with E-state index in [9.17, 15) is 13.6 Å². The molecule has 0 N–H and O–H groups in total. The lowest BCUT2D eigenvalue weighted by molar-refractivity contribution is -0.119. The monoisotopic (exact) mass is 480 g/mol. The molecular weight excluding hydrogens is 446 g/mol. The van der Waals surface area contributed by atoms with Crippen LogP contribution >= 0.6 is 11.3 Å². The smallest absolute Gasteiger partial charge is 0.278 e. The first-order chi connectivity index (χ1) is 15.7. The second-order valence-corrected chi connectivity index (χ2v) is 10.9. The van der Waals surface area contributed by atoms with Gasteiger partial charge in [0.2, 0.25) is 0 Å². The molecule has 2 aromatic rings. The first-order valence-corrected chi connectivity index (χ1v) is 12.8. The minimum Gasteiger partial charge on any atom is -0.464 e. The quantitative estimate of drug-likeness (QED) is 0.495. The van der Waals surface area contributed by atoms with Crippen molar-refractivity contribution >= 4 is 17.1 Å². The normalized spacial score (nSPS) is 21.7. The number of Topliss-reactive ketones (excluding diaryl/α,β-unsaturated/α-hetero) is 1. The molecule has 6 nitrogen and oxygen atoms in total. The minimum atomic E-state index is -2.84. The van der Waals surface area contributed by atoms with Gasteiger partial charge in [-0.25, -0.2) is 13.8 Å². The molecule has 0 spiro atoms. The van der Waals surface area contributed by atoms with Crippen molar-refractivity contribution in [2.24, 2.45) is 18.9 Å². The van der Waals surface area contributed by atoms with Gasteiger partial charge in [-0.05, 0) is 50.1 Å². The third kappa shape index (κ3) is 7.30. The Balaban J connectivity index is 1.15. The summed E-state index contributed by atoms with van der Waals surface area (Å²) in [7, 11) is 1.87. The Morgan fingerprint density at radius 3 is 2.73 bits per heavy atom. The highest BCUT2D eigenvalue weighted by molar-refractivity contribution is 7.13. The van der Waals surface area contributed by atoms with Crippen molar-refractivity contribution < 1.29 is 18.3 Å². The molecule has 1 aliphatic carbocycles. The molecule has 0 saturated heterocycles. The largest absolute Gasteiger partial charge is 0.464 e. The Labute approximate surface area is 198 Å². The van der Waals surface area contributed by atoms with E-state index >= 15 is 0 Å². The number of fused-ring (bicyclic) bond motifs is 1. The average Bonchev–Trinajstić information content (AvgIpc) is 3.36. The Kier molecular flexibility index (Phi) is 7.79. The van der Waals surface area contributed by atoms with Gasteiger partial charge in [-0.2, -0.15) is 5.10 Å². The number of ether oxygens (including phenoxy) is 1. The molecule has 2 aromatic heterocycles. The molecule has 1 saturated carbocycles. The highest BCUT2D eigenvalue weighted by Crippen LogP contribution is 2.34. The number of thiazole rings is 1. The third-order valence-corrected chi connectivity index (χ3v) is 7.79. The van der Waals surface area contributed by atoms with Crippen molar-refractivity contribution in [1.29, 1.82) is 0 Å². The van der Waals surface area contributed by atoms with Crippen molar-refractivity contribution in [2.75, 3.05) is 19.7 Å². The fourth-order valence-electron chi connectivity index (χ4n) is 4.91. The molecule has 0 unspecified atom stereocenters. The van der Waals surface area contributed by atoms with Crippen LogP contribution in [-0.2, 0) is 31.2 Å². The van der Waals surface area contributed by atoms with Gasteiger partial charge < -0.3 is 4.74 Å². The molecule has 1 fully saturated rings. The number of hydrogen-bond acceptors (Lipinski definition) is 6. The van der Waals surface area contributed by atoms with Crippen LogP contribution in [0.3, 0.4) is 0 Å². The maximum atomic E-state index is 13.0. The molecule has 0 amide bonds. The van der Waals surface area contributed by atoms with Crippen LogP contribution < -0.4 is 4.74 Å². The molecule has 182 valence electrons. The van der Waals surface area contributed by atoms with Crippen LogP contribution in [0.15, 0.2) is 12.3 Å². The molecule has 2 aliphatic rings. The Morgan fingerprint density at radius 1 is 1.27 bits per heavy atom. The highest BCUT2D eigenvalue weighted by Gasteiger charge is 2.27. The van der Waals surface area contributed by atoms with E-state index in [2.05, 4.69) is 15.0 Å². The van der Waals surface area contributed by atoms with E-state index in [4.69, 9.17) is 4.74 Å². The summed E-state index contributed by atoms with van der Waals surface area (Å²) in [6, 6.07) is 1.92. The minimum absolute atomic E-state index is 0.301. The summed E-state index contributed by atoms with van der Waals surface area (Å²) in [6.45, 7) is 3.02. The Bertz CT molecular complexity index is 931. The van der Waals surface area contributed by atoms with Gasteiger partial charge in [0.15, 0.2) is 6.61 Å². The lowest BCUT2D eigenvalue weighted by Crippen LogP contribution is -2.32. The molecule has 1 aliphatic heterocycles. The van der Waals surface area contributed by atoms with Gasteiger partial charge in [0.05, 0.1) is 17.8 Å². The fraction of sp³-hybridized carbons (Fsp3) is 0.708. The number of alkyl halides is 2. The zero-order chi connectivity index (χ0) is 23.4. The standard InChI is InChI=1S/C24H34F2N4O2S/c1-24(25,26)16-32-23-27-21-15-30(12-9-22(21)33-23)11-7-17-3-5-18(6-4-17)13-20(31)14-19-8-10-29(2)28-19/h8,10,17-18H,3-7,9,11-16H2,1-2H3. The van der Waals surface area contributed by atoms with E-state index < -0.39 is 12.5 Å². The number of aryl methyl sites for hydroxylation is 1. The highest BCUT2D eigenvalue weighted by atomic mass is 32.1. The van der Waals surface area contributed by atoms with Gasteiger partial charge in [-0.15, -0.1) is 0 Å². The van der Waals surface area contributed by atoms with E-state index in [-0.39, 0.29) is 0 Å². The molecule has 0 atom stereocenters. The molecule has 4 rings (SSSR count). The van der Waals surface area contributed by atoms with Crippen molar-refractivity contribution in [2.45, 2.75) is 70.8 Å². The predicted octanol–water partition coefficient (Wildman–Crippen LogP) is 4.67. The maximum absolute atomic E-state index is 13.0. The molecule has 33 heavy (non-hydrogen) atoms. The molecular formula is C24H34F2N4O2S. The predicted molar refractivity (Wildman–Crippen MR) is 124 cm³/mol. The summed E-state index contributed by atoms with van der Waals surface area (Å²) in [5, 5.41) is 4.67. The van der Waals surface area contributed by atoms with Crippen molar-refractivity contribution in [1.82, 2.24) is 19.7 Å². The summed E-state index contributed by atoms with van der Waals surface area (Å²) >= 11 is 1.40. The van der Waals surface area contributed by atoms with E-state index in [1.807, 2.05) is 19.3 Å². The van der Waals surface area contributed by atoms with Gasteiger partial charge >= 0.3 is 0 Å². The van der Waals surface area contributed by atoms with E-state index in [0.717, 1.165) is 68.0 Å². The Morgan fingerprint density at radius 2 is 2.03 bits per heavy atom. The van der Waals surface area contributed by atoms with Crippen molar-refractivity contribution in [3.8, 4) is 5.19 Å². The van der Waals surface area contributed by atoms with Crippen LogP contribution in [0, 0.1) is 11.8 Å². The summed E-state index contributed by atoms with van der Waals surface area (Å²) in [5.74, 6) is -1.31. The van der Waals surface area contributed by atoms with Crippen LogP contribution in [0.25, 0.3) is 0 Å². The fourth-order valence-corrected chi connectivity index (χ4v) is 5.82. The van der Waals surface area contributed by atoms with Crippen molar-refractivity contribution in [3.63, 3.8) is 0 Å². The van der Waals surface area contributed by atoms with Gasteiger partial charge in [-0.3, -0.25) is 14.4 Å². The van der Waals surface area contributed by atoms with Gasteiger partial charge in [-0.1, -0.05) is 24.2 Å². The van der Waals surface area contributed by atoms with Crippen LogP contribution in [0.1, 0.15) is 61.7 Å². The van der Waals surface area contributed by atoms with Gasteiger partial charge in [0.25, 0.3) is 11.1 Å². The SMILES string of the molecule is Cn1ccc(CC(=O)CC2CCC(CCN3CCc4sc(OCC(C)(F)F)nc4C3)CC2)n1. The number of hydrogen-bond donors (Lipinski definition) is 0. The zero-order valence-electron chi connectivity index (χ0n) is 19.6. The summed E-state index contributed by atoms with van der Waals surface area (Å²) in [5.41, 5.74) is 1.85. The number of halogens is 2. The topological polar surface area (TPSA) is 60.2 Å². The number of carbonyl (C=O) groups excluding carboxylic acids is 1. The van der Waals surface area contributed by atoms with Crippen molar-refractivity contribution in [3.05, 3.63) is 28.5 Å². The number of rotatable bonds is 10. The molecule has 0 radical (unpaired) electrons. The van der Waals surface area contributed by atoms with Gasteiger partial charge in [0, 0.05) is 44.6 Å². The summed E-state index contributed by atoms with van der Waals surface area (Å²) < 4.78 is 33.0. The lowest BCUT2D eigenvalue weighted by Gasteiger charge is -2.31. The number of aromatic nitrogens is 3. The maximum Gasteiger partial charge on any atom is 0.278 e. The Hall–Kier alpha value is -1.87. The van der Waals surface area contributed by atoms with E-state index in [0.29, 0.717) is 29.7 Å². The molecule has 9 heteroatoms. The first-order valence-electron chi connectivity index (χ1n) is 12.0. The molecule has 0 bridgehead atoms. The van der Waals surface area contributed by atoms with Gasteiger partial charge in [0.1, 0.15) is 5.78 Å². The third-order valence-electron chi connectivity index (χ3n) is 6.72. The lowest BCUT2D eigenvalue weighted by atomic mass is 9.78. The number of nitrogens with zero attached hydrogens (tertiary/aromatic N) is 4. The zero-order valence-corrected chi connectivity index (χ0v) is 20.4. The second kappa shape index (κ2) is 10.6. The van der Waals surface area contributed by atoms with Crippen LogP contribution in [-0.4, -0.2) is 51.1 Å². The number of ketones is 1. The second-order valence-electron chi connectivity index (χ2n) is 9.81. The van der Waals surface area contributed by atoms with Crippen LogP contribution in [0.4, 0.5) is 8.78 Å². The first kappa shape index (κ1) is 24.3. The van der Waals surface area contributed by atoms with E-state index in [1.165, 1.54) is 30.6 Å². The van der Waals surface area contributed by atoms with Crippen LogP contribution in [0.5, 0.6) is 5.19 Å².